The van der Waals surface area contributed by atoms with Gasteiger partial charge in [0.05, 0.1) is 0 Å². The van der Waals surface area contributed by atoms with Crippen molar-refractivity contribution in [3.05, 3.63) is 48.1 Å². The first kappa shape index (κ1) is 43.2. The van der Waals surface area contributed by atoms with Crippen molar-refractivity contribution in [3.63, 3.8) is 0 Å². The molecule has 0 aliphatic heterocycles. The number of hydrogen-bond acceptors (Lipinski definition) is 2. The average molecular weight is 717 g/mol. The lowest BCUT2D eigenvalue weighted by atomic mass is 9.47. The zero-order valence-electron chi connectivity index (χ0n) is 35.4. The number of unbranched alkanes of at least 4 members (excludes halogenated alkanes) is 12. The quantitative estimate of drug-likeness (QED) is 0.0455. The summed E-state index contributed by atoms with van der Waals surface area (Å²) in [5, 5.41) is 0. The Labute approximate surface area is 323 Å². The standard InChI is InChI=1S/C50H84O2/c1-8-10-11-12-13-14-15-16-17-18-19-20-21-22-23-24-25-26-27-48(51)52-43-34-36-49(6)42(38-43)30-31-44-46-33-32-45(50(46,7)37-35-47(44)49)40(5)28-29-41(9-2)39(3)4/h17-20,28-30,39-41,43-47H,8-16,21-27,31-38H2,1-7H3/b18-17+,20-19+,29-28+. The molecule has 0 heterocycles. The van der Waals surface area contributed by atoms with Crippen molar-refractivity contribution in [2.24, 2.45) is 52.3 Å². The second-order valence-electron chi connectivity index (χ2n) is 19.0. The van der Waals surface area contributed by atoms with Crippen LogP contribution in [0.5, 0.6) is 0 Å². The van der Waals surface area contributed by atoms with E-state index in [0.29, 0.717) is 29.1 Å². The predicted octanol–water partition coefficient (Wildman–Crippen LogP) is 15.3. The summed E-state index contributed by atoms with van der Waals surface area (Å²) in [4.78, 5) is 12.9. The van der Waals surface area contributed by atoms with Crippen LogP contribution in [0.25, 0.3) is 0 Å². The van der Waals surface area contributed by atoms with Crippen molar-refractivity contribution in [2.45, 2.75) is 209 Å². The molecule has 0 aromatic heterocycles. The number of allylic oxidation sites excluding steroid dienone is 7. The maximum atomic E-state index is 12.9. The van der Waals surface area contributed by atoms with Gasteiger partial charge in [0.15, 0.2) is 0 Å². The summed E-state index contributed by atoms with van der Waals surface area (Å²) in [7, 11) is 0. The van der Waals surface area contributed by atoms with Gasteiger partial charge in [-0.05, 0) is 136 Å². The van der Waals surface area contributed by atoms with E-state index in [1.807, 2.05) is 0 Å². The summed E-state index contributed by atoms with van der Waals surface area (Å²) in [5.41, 5.74) is 2.42. The van der Waals surface area contributed by atoms with Gasteiger partial charge >= 0.3 is 5.97 Å². The van der Waals surface area contributed by atoms with Gasteiger partial charge in [0, 0.05) is 12.8 Å². The third-order valence-corrected chi connectivity index (χ3v) is 15.2. The Balaban J connectivity index is 1.11. The molecule has 4 aliphatic carbocycles. The van der Waals surface area contributed by atoms with Crippen LogP contribution in [0.1, 0.15) is 203 Å². The molecule has 9 atom stereocenters. The molecule has 0 N–H and O–H groups in total. The number of ether oxygens (including phenoxy) is 1. The molecule has 9 unspecified atom stereocenters. The molecule has 0 aromatic rings. The molecule has 0 bridgehead atoms. The summed E-state index contributed by atoms with van der Waals surface area (Å²) >= 11 is 0. The summed E-state index contributed by atoms with van der Waals surface area (Å²) in [6.07, 6.45) is 46.9. The lowest BCUT2D eigenvalue weighted by Gasteiger charge is -2.58. The molecule has 0 spiro atoms. The monoisotopic (exact) mass is 717 g/mol. The summed E-state index contributed by atoms with van der Waals surface area (Å²) < 4.78 is 6.14. The molecule has 2 nitrogen and oxygen atoms in total. The van der Waals surface area contributed by atoms with Gasteiger partial charge in [0.1, 0.15) is 6.10 Å². The Morgan fingerprint density at radius 1 is 0.788 bits per heavy atom. The van der Waals surface area contributed by atoms with Gasteiger partial charge in [-0.2, -0.15) is 0 Å². The van der Waals surface area contributed by atoms with Crippen LogP contribution in [0.2, 0.25) is 0 Å². The van der Waals surface area contributed by atoms with Gasteiger partial charge in [-0.15, -0.1) is 0 Å². The van der Waals surface area contributed by atoms with Crippen LogP contribution in [0.15, 0.2) is 48.1 Å². The Hall–Kier alpha value is -1.57. The molecule has 2 heteroatoms. The van der Waals surface area contributed by atoms with Gasteiger partial charge in [0.2, 0.25) is 0 Å². The normalized spacial score (nSPS) is 31.5. The zero-order valence-corrected chi connectivity index (χ0v) is 35.4. The van der Waals surface area contributed by atoms with Crippen LogP contribution in [0.3, 0.4) is 0 Å². The smallest absolute Gasteiger partial charge is 0.306 e. The molecule has 296 valence electrons. The highest BCUT2D eigenvalue weighted by atomic mass is 16.5. The van der Waals surface area contributed by atoms with Crippen molar-refractivity contribution < 1.29 is 9.53 Å². The predicted molar refractivity (Wildman–Crippen MR) is 225 cm³/mol. The fraction of sp³-hybridized carbons (Fsp3) is 0.820. The highest BCUT2D eigenvalue weighted by molar-refractivity contribution is 5.69. The fourth-order valence-corrected chi connectivity index (χ4v) is 11.8. The minimum atomic E-state index is 0.0429. The van der Waals surface area contributed by atoms with Crippen molar-refractivity contribution in [3.8, 4) is 0 Å². The Morgan fingerprint density at radius 3 is 2.10 bits per heavy atom. The minimum Gasteiger partial charge on any atom is -0.462 e. The number of carbonyl (C=O) groups excluding carboxylic acids is 1. The fourth-order valence-electron chi connectivity index (χ4n) is 11.8. The van der Waals surface area contributed by atoms with E-state index < -0.39 is 0 Å². The minimum absolute atomic E-state index is 0.0429. The van der Waals surface area contributed by atoms with Crippen molar-refractivity contribution in [2.75, 3.05) is 0 Å². The maximum absolute atomic E-state index is 12.9. The summed E-state index contributed by atoms with van der Waals surface area (Å²) in [5.74, 6) is 5.50. The topological polar surface area (TPSA) is 26.3 Å². The number of carbonyl (C=O) groups is 1. The SMILES string of the molecule is CCCCCCCCC/C=C/C=C/CCCCCCCC(=O)OC1CCC2(C)C(=CCC3C2CCC2(C)C(C(C)/C=C/C(CC)C(C)C)CCC32)C1. The van der Waals surface area contributed by atoms with Gasteiger partial charge < -0.3 is 4.74 Å². The Morgan fingerprint density at radius 2 is 1.44 bits per heavy atom. The van der Waals surface area contributed by atoms with Crippen molar-refractivity contribution in [1.29, 1.82) is 0 Å². The van der Waals surface area contributed by atoms with Crippen molar-refractivity contribution >= 4 is 5.97 Å². The van der Waals surface area contributed by atoms with Crippen LogP contribution in [-0.2, 0) is 9.53 Å². The van der Waals surface area contributed by atoms with Crippen LogP contribution < -0.4 is 0 Å². The molecular weight excluding hydrogens is 633 g/mol. The third-order valence-electron chi connectivity index (χ3n) is 15.2. The number of fused-ring (bicyclic) bond motifs is 5. The van der Waals surface area contributed by atoms with Crippen LogP contribution >= 0.6 is 0 Å². The second-order valence-corrected chi connectivity index (χ2v) is 19.0. The molecule has 3 fully saturated rings. The highest BCUT2D eigenvalue weighted by Crippen LogP contribution is 2.67. The molecule has 0 saturated heterocycles. The van der Waals surface area contributed by atoms with E-state index in [2.05, 4.69) is 91.0 Å². The van der Waals surface area contributed by atoms with Gasteiger partial charge in [-0.25, -0.2) is 0 Å². The van der Waals surface area contributed by atoms with E-state index >= 15 is 0 Å². The van der Waals surface area contributed by atoms with E-state index in [4.69, 9.17) is 4.74 Å². The number of esters is 1. The number of rotatable bonds is 23. The highest BCUT2D eigenvalue weighted by Gasteiger charge is 2.59. The van der Waals surface area contributed by atoms with Gasteiger partial charge in [0.25, 0.3) is 0 Å². The Bertz CT molecular complexity index is 1160. The van der Waals surface area contributed by atoms with Crippen molar-refractivity contribution in [1.82, 2.24) is 0 Å². The lowest BCUT2D eigenvalue weighted by molar-refractivity contribution is -0.151. The Kier molecular flexibility index (Phi) is 18.3. The van der Waals surface area contributed by atoms with Crippen LogP contribution in [-0.4, -0.2) is 12.1 Å². The summed E-state index contributed by atoms with van der Waals surface area (Å²) in [6.45, 7) is 17.2. The zero-order chi connectivity index (χ0) is 37.4. The molecule has 0 radical (unpaired) electrons. The average Bonchev–Trinajstić information content (AvgIpc) is 3.48. The third kappa shape index (κ3) is 12.0. The summed E-state index contributed by atoms with van der Waals surface area (Å²) in [6, 6.07) is 0. The molecular formula is C50H84O2. The van der Waals surface area contributed by atoms with Crippen LogP contribution in [0, 0.1) is 52.3 Å². The molecule has 3 saturated carbocycles. The van der Waals surface area contributed by atoms with Gasteiger partial charge in [-0.3, -0.25) is 4.79 Å². The van der Waals surface area contributed by atoms with E-state index in [-0.39, 0.29) is 12.1 Å². The molecule has 4 aliphatic rings. The van der Waals surface area contributed by atoms with E-state index in [1.54, 1.807) is 5.57 Å². The largest absolute Gasteiger partial charge is 0.462 e. The molecule has 4 rings (SSSR count). The van der Waals surface area contributed by atoms with Gasteiger partial charge in [-0.1, -0.05) is 154 Å². The maximum Gasteiger partial charge on any atom is 0.306 e. The van der Waals surface area contributed by atoms with E-state index in [1.165, 1.54) is 116 Å². The second kappa shape index (κ2) is 22.1. The van der Waals surface area contributed by atoms with Crippen LogP contribution in [0.4, 0.5) is 0 Å². The molecule has 0 amide bonds. The number of hydrogen-bond donors (Lipinski definition) is 0. The molecule has 0 aromatic carbocycles. The van der Waals surface area contributed by atoms with E-state index in [9.17, 15) is 4.79 Å². The first-order chi connectivity index (χ1) is 25.1. The van der Waals surface area contributed by atoms with E-state index in [0.717, 1.165) is 61.7 Å². The molecule has 52 heavy (non-hydrogen) atoms. The first-order valence-electron chi connectivity index (χ1n) is 23.0. The lowest BCUT2D eigenvalue weighted by Crippen LogP contribution is -2.51. The first-order valence-corrected chi connectivity index (χ1v) is 23.0.